The Kier molecular flexibility index (Phi) is 4.04. The van der Waals surface area contributed by atoms with E-state index in [9.17, 15) is 9.59 Å². The quantitative estimate of drug-likeness (QED) is 0.351. The highest BCUT2D eigenvalue weighted by Crippen LogP contribution is 2.40. The van der Waals surface area contributed by atoms with E-state index in [1.165, 1.54) is 0 Å². The smallest absolute Gasteiger partial charge is 0.174 e. The van der Waals surface area contributed by atoms with Crippen LogP contribution >= 0.6 is 0 Å². The third-order valence-electron chi connectivity index (χ3n) is 5.39. The molecular weight excluding hydrogens is 320 g/mol. The Morgan fingerprint density at radius 1 is 0.769 bits per heavy atom. The van der Waals surface area contributed by atoms with Gasteiger partial charge in [0, 0.05) is 11.5 Å². The molecule has 0 fully saturated rings. The monoisotopic (exact) mass is 340 g/mol. The van der Waals surface area contributed by atoms with Gasteiger partial charge in [-0.05, 0) is 39.9 Å². The van der Waals surface area contributed by atoms with Gasteiger partial charge in [-0.15, -0.1) is 13.2 Å². The standard InChI is InChI=1S/C24H20O2/c1-3-7-20-19-14-13-17-16-10-6-5-9-15(16)11-12-18(17)22(19)24(26)21(8-4-2)23(20)25/h3-6,9-14,20-21H,1-2,7-8H2. The molecule has 0 bridgehead atoms. The lowest BCUT2D eigenvalue weighted by Gasteiger charge is -2.29. The Balaban J connectivity index is 2.05. The van der Waals surface area contributed by atoms with E-state index in [1.807, 2.05) is 36.4 Å². The lowest BCUT2D eigenvalue weighted by Crippen LogP contribution is -2.35. The summed E-state index contributed by atoms with van der Waals surface area (Å²) >= 11 is 0. The minimum Gasteiger partial charge on any atom is -0.298 e. The van der Waals surface area contributed by atoms with Crippen LogP contribution in [0.4, 0.5) is 0 Å². The third-order valence-corrected chi connectivity index (χ3v) is 5.39. The molecule has 26 heavy (non-hydrogen) atoms. The molecule has 2 heteroatoms. The molecule has 4 rings (SSSR count). The molecule has 0 aliphatic heterocycles. The number of benzene rings is 3. The van der Waals surface area contributed by atoms with Gasteiger partial charge < -0.3 is 0 Å². The fourth-order valence-corrected chi connectivity index (χ4v) is 4.17. The first-order valence-corrected chi connectivity index (χ1v) is 8.91. The van der Waals surface area contributed by atoms with E-state index in [4.69, 9.17) is 0 Å². The summed E-state index contributed by atoms with van der Waals surface area (Å²) in [6, 6.07) is 16.2. The van der Waals surface area contributed by atoms with Crippen LogP contribution in [0.3, 0.4) is 0 Å². The summed E-state index contributed by atoms with van der Waals surface area (Å²) in [6.07, 6.45) is 4.36. The van der Waals surface area contributed by atoms with E-state index in [0.29, 0.717) is 18.4 Å². The predicted molar refractivity (Wildman–Crippen MR) is 107 cm³/mol. The van der Waals surface area contributed by atoms with Gasteiger partial charge in [0.05, 0.1) is 5.92 Å². The van der Waals surface area contributed by atoms with Gasteiger partial charge in [0.2, 0.25) is 0 Å². The molecule has 1 aliphatic carbocycles. The SMILES string of the molecule is C=CCC1C(=O)c2c(ccc3c2ccc2ccccc23)C(CC=C)C1=O. The summed E-state index contributed by atoms with van der Waals surface area (Å²) in [5, 5.41) is 4.25. The van der Waals surface area contributed by atoms with Gasteiger partial charge in [0.25, 0.3) is 0 Å². The second-order valence-corrected chi connectivity index (χ2v) is 6.83. The molecule has 1 aliphatic rings. The number of Topliss-reactive ketones (excluding diaryl/α,β-unsaturated/α-hetero) is 2. The van der Waals surface area contributed by atoms with Gasteiger partial charge in [-0.1, -0.05) is 60.7 Å². The minimum absolute atomic E-state index is 0.0116. The summed E-state index contributed by atoms with van der Waals surface area (Å²) in [5.41, 5.74) is 1.54. The van der Waals surface area contributed by atoms with Gasteiger partial charge in [0.15, 0.2) is 11.6 Å². The molecule has 0 heterocycles. The maximum absolute atomic E-state index is 13.2. The first-order valence-electron chi connectivity index (χ1n) is 8.91. The van der Waals surface area contributed by atoms with E-state index < -0.39 is 5.92 Å². The van der Waals surface area contributed by atoms with Crippen LogP contribution in [-0.2, 0) is 4.79 Å². The first kappa shape index (κ1) is 16.5. The molecule has 0 spiro atoms. The molecule has 2 atom stereocenters. The van der Waals surface area contributed by atoms with E-state index in [0.717, 1.165) is 27.1 Å². The Bertz CT molecular complexity index is 1070. The molecule has 0 saturated heterocycles. The minimum atomic E-state index is -0.637. The summed E-state index contributed by atoms with van der Waals surface area (Å²) in [4.78, 5) is 26.1. The highest BCUT2D eigenvalue weighted by molar-refractivity contribution is 6.24. The van der Waals surface area contributed by atoms with Crippen LogP contribution in [0, 0.1) is 5.92 Å². The van der Waals surface area contributed by atoms with Crippen molar-refractivity contribution in [2.75, 3.05) is 0 Å². The average molecular weight is 340 g/mol. The zero-order valence-electron chi connectivity index (χ0n) is 14.6. The van der Waals surface area contributed by atoms with Gasteiger partial charge >= 0.3 is 0 Å². The molecule has 0 radical (unpaired) electrons. The fraction of sp³-hybridized carbons (Fsp3) is 0.167. The van der Waals surface area contributed by atoms with E-state index in [2.05, 4.69) is 25.3 Å². The maximum Gasteiger partial charge on any atom is 0.174 e. The largest absolute Gasteiger partial charge is 0.298 e. The molecule has 0 saturated carbocycles. The Hall–Kier alpha value is -3.00. The second-order valence-electron chi connectivity index (χ2n) is 6.83. The van der Waals surface area contributed by atoms with Crippen LogP contribution in [0.2, 0.25) is 0 Å². The van der Waals surface area contributed by atoms with E-state index >= 15 is 0 Å². The molecule has 2 unspecified atom stereocenters. The number of rotatable bonds is 4. The van der Waals surface area contributed by atoms with Crippen LogP contribution in [0.15, 0.2) is 73.8 Å². The van der Waals surface area contributed by atoms with Crippen molar-refractivity contribution in [1.82, 2.24) is 0 Å². The van der Waals surface area contributed by atoms with Crippen LogP contribution in [0.5, 0.6) is 0 Å². The number of fused-ring (bicyclic) bond motifs is 5. The first-order chi connectivity index (χ1) is 12.7. The Labute approximate surface area is 152 Å². The molecular formula is C24H20O2. The highest BCUT2D eigenvalue weighted by Gasteiger charge is 2.40. The zero-order valence-corrected chi connectivity index (χ0v) is 14.6. The van der Waals surface area contributed by atoms with Crippen molar-refractivity contribution in [3.8, 4) is 0 Å². The van der Waals surface area contributed by atoms with Crippen molar-refractivity contribution in [2.45, 2.75) is 18.8 Å². The van der Waals surface area contributed by atoms with Crippen LogP contribution in [-0.4, -0.2) is 11.6 Å². The van der Waals surface area contributed by atoms with E-state index in [1.54, 1.807) is 12.2 Å². The number of hydrogen-bond donors (Lipinski definition) is 0. The van der Waals surface area contributed by atoms with Crippen molar-refractivity contribution >= 4 is 33.1 Å². The van der Waals surface area contributed by atoms with E-state index in [-0.39, 0.29) is 17.5 Å². The number of carbonyl (C=O) groups excluding carboxylic acids is 2. The number of allylic oxidation sites excluding steroid dienone is 2. The highest BCUT2D eigenvalue weighted by atomic mass is 16.2. The van der Waals surface area contributed by atoms with Gasteiger partial charge in [0.1, 0.15) is 0 Å². The molecule has 0 aromatic heterocycles. The van der Waals surface area contributed by atoms with Crippen molar-refractivity contribution in [3.63, 3.8) is 0 Å². The van der Waals surface area contributed by atoms with Crippen LogP contribution in [0.1, 0.15) is 34.7 Å². The van der Waals surface area contributed by atoms with Crippen LogP contribution in [0.25, 0.3) is 21.5 Å². The summed E-state index contributed by atoms with van der Waals surface area (Å²) in [5.74, 6) is -1.03. The summed E-state index contributed by atoms with van der Waals surface area (Å²) < 4.78 is 0. The number of ketones is 2. The average Bonchev–Trinajstić information content (AvgIpc) is 2.67. The maximum atomic E-state index is 13.2. The number of carbonyl (C=O) groups is 2. The lowest BCUT2D eigenvalue weighted by molar-refractivity contribution is -0.123. The second kappa shape index (κ2) is 6.38. The van der Waals surface area contributed by atoms with Crippen molar-refractivity contribution in [1.29, 1.82) is 0 Å². The normalized spacial score (nSPS) is 19.5. The van der Waals surface area contributed by atoms with Crippen molar-refractivity contribution in [3.05, 3.63) is 85.0 Å². The third kappa shape index (κ3) is 2.33. The topological polar surface area (TPSA) is 34.1 Å². The van der Waals surface area contributed by atoms with Gasteiger partial charge in [-0.25, -0.2) is 0 Å². The molecule has 3 aromatic carbocycles. The van der Waals surface area contributed by atoms with Gasteiger partial charge in [-0.3, -0.25) is 9.59 Å². The van der Waals surface area contributed by atoms with Crippen molar-refractivity contribution in [2.24, 2.45) is 5.92 Å². The molecule has 128 valence electrons. The van der Waals surface area contributed by atoms with Gasteiger partial charge in [-0.2, -0.15) is 0 Å². The molecule has 0 N–H and O–H groups in total. The Morgan fingerprint density at radius 2 is 1.46 bits per heavy atom. The van der Waals surface area contributed by atoms with Crippen molar-refractivity contribution < 1.29 is 9.59 Å². The molecule has 3 aromatic rings. The lowest BCUT2D eigenvalue weighted by atomic mass is 9.71. The molecule has 2 nitrogen and oxygen atoms in total. The zero-order chi connectivity index (χ0) is 18.3. The molecule has 0 amide bonds. The summed E-state index contributed by atoms with van der Waals surface area (Å²) in [7, 11) is 0. The fourth-order valence-electron chi connectivity index (χ4n) is 4.17. The number of hydrogen-bond acceptors (Lipinski definition) is 2. The predicted octanol–water partition coefficient (Wildman–Crippen LogP) is 5.61. The summed E-state index contributed by atoms with van der Waals surface area (Å²) in [6.45, 7) is 7.53. The van der Waals surface area contributed by atoms with Crippen LogP contribution < -0.4 is 0 Å². The Morgan fingerprint density at radius 3 is 2.23 bits per heavy atom.